The van der Waals surface area contributed by atoms with Crippen molar-refractivity contribution >= 4 is 29.2 Å². The molecule has 0 radical (unpaired) electrons. The van der Waals surface area contributed by atoms with Crippen LogP contribution < -0.4 is 10.6 Å². The highest BCUT2D eigenvalue weighted by atomic mass is 16.3. The number of nitrogens with one attached hydrogen (secondary N) is 2. The predicted octanol–water partition coefficient (Wildman–Crippen LogP) is 2.33. The zero-order valence-electron chi connectivity index (χ0n) is 18.1. The maximum absolute atomic E-state index is 12.8. The van der Waals surface area contributed by atoms with E-state index < -0.39 is 11.9 Å². The molecule has 2 atom stereocenters. The van der Waals surface area contributed by atoms with Gasteiger partial charge in [0.25, 0.3) is 5.91 Å². The minimum atomic E-state index is -0.923. The van der Waals surface area contributed by atoms with E-state index in [1.165, 1.54) is 26.0 Å². The van der Waals surface area contributed by atoms with Crippen molar-refractivity contribution in [2.45, 2.75) is 45.2 Å². The Kier molecular flexibility index (Phi) is 7.25. The van der Waals surface area contributed by atoms with Crippen LogP contribution in [0, 0.1) is 0 Å². The third-order valence-corrected chi connectivity index (χ3v) is 5.46. The van der Waals surface area contributed by atoms with Crippen LogP contribution in [0.3, 0.4) is 0 Å². The molecule has 1 saturated heterocycles. The van der Waals surface area contributed by atoms with Crippen molar-refractivity contribution in [3.05, 3.63) is 59.7 Å². The molecule has 3 amide bonds. The molecule has 1 aliphatic heterocycles. The van der Waals surface area contributed by atoms with Gasteiger partial charge in [0.05, 0.1) is 12.5 Å². The van der Waals surface area contributed by atoms with Crippen molar-refractivity contribution in [1.82, 2.24) is 10.2 Å². The van der Waals surface area contributed by atoms with Gasteiger partial charge in [-0.1, -0.05) is 24.3 Å². The summed E-state index contributed by atoms with van der Waals surface area (Å²) < 4.78 is 0. The summed E-state index contributed by atoms with van der Waals surface area (Å²) in [6.45, 7) is 3.43. The van der Waals surface area contributed by atoms with E-state index in [4.69, 9.17) is 0 Å². The first-order chi connectivity index (χ1) is 15.2. The number of carbonyl (C=O) groups excluding carboxylic acids is 4. The number of phenols is 1. The lowest BCUT2D eigenvalue weighted by Gasteiger charge is -2.22. The molecule has 1 heterocycles. The van der Waals surface area contributed by atoms with E-state index in [0.717, 1.165) is 12.0 Å². The van der Waals surface area contributed by atoms with E-state index in [1.807, 2.05) is 0 Å². The van der Waals surface area contributed by atoms with Crippen LogP contribution in [0.15, 0.2) is 48.5 Å². The number of phenolic OH excluding ortho intramolecular Hbond substituents is 1. The van der Waals surface area contributed by atoms with Crippen LogP contribution >= 0.6 is 0 Å². The van der Waals surface area contributed by atoms with Crippen LogP contribution in [0.25, 0.3) is 0 Å². The standard InChI is InChI=1S/C24H27N3O5/c1-15(28)21-4-3-13-27(21)22(31)14-17-5-9-19(10-6-17)26-24(32)23(25-16(2)29)18-7-11-20(30)12-8-18/h5-12,21,23,30H,3-4,13-14H2,1-2H3,(H,25,29)(H,26,32)/t21-,23-/m0/s1. The lowest BCUT2D eigenvalue weighted by Crippen LogP contribution is -2.40. The highest BCUT2D eigenvalue weighted by molar-refractivity contribution is 5.97. The number of benzene rings is 2. The third-order valence-electron chi connectivity index (χ3n) is 5.46. The maximum Gasteiger partial charge on any atom is 0.251 e. The number of amides is 3. The topological polar surface area (TPSA) is 116 Å². The molecule has 8 heteroatoms. The number of ketones is 1. The Bertz CT molecular complexity index is 1000. The Morgan fingerprint density at radius 2 is 1.69 bits per heavy atom. The molecule has 32 heavy (non-hydrogen) atoms. The number of aromatic hydroxyl groups is 1. The fourth-order valence-corrected chi connectivity index (χ4v) is 3.85. The van der Waals surface area contributed by atoms with Crippen LogP contribution in [0.1, 0.15) is 43.9 Å². The van der Waals surface area contributed by atoms with Crippen molar-refractivity contribution < 1.29 is 24.3 Å². The molecule has 0 aromatic heterocycles. The molecule has 3 rings (SSSR count). The lowest BCUT2D eigenvalue weighted by atomic mass is 10.1. The number of rotatable bonds is 7. The van der Waals surface area contributed by atoms with Crippen LogP contribution in [-0.4, -0.2) is 46.1 Å². The average molecular weight is 437 g/mol. The first kappa shape index (κ1) is 23.0. The number of Topliss-reactive ketones (excluding diaryl/α,β-unsaturated/α-hetero) is 1. The van der Waals surface area contributed by atoms with E-state index in [2.05, 4.69) is 10.6 Å². The fraction of sp³-hybridized carbons (Fsp3) is 0.333. The molecule has 1 aliphatic rings. The number of hydrogen-bond donors (Lipinski definition) is 3. The number of hydrogen-bond acceptors (Lipinski definition) is 5. The quantitative estimate of drug-likeness (QED) is 0.615. The van der Waals surface area contributed by atoms with Crippen molar-refractivity contribution in [3.63, 3.8) is 0 Å². The minimum Gasteiger partial charge on any atom is -0.508 e. The lowest BCUT2D eigenvalue weighted by molar-refractivity contribution is -0.136. The van der Waals surface area contributed by atoms with Gasteiger partial charge in [0.1, 0.15) is 11.8 Å². The second-order valence-corrected chi connectivity index (χ2v) is 7.94. The van der Waals surface area contributed by atoms with Crippen molar-refractivity contribution in [3.8, 4) is 5.75 Å². The average Bonchev–Trinajstić information content (AvgIpc) is 3.24. The second-order valence-electron chi connectivity index (χ2n) is 7.94. The molecule has 0 unspecified atom stereocenters. The van der Waals surface area contributed by atoms with Gasteiger partial charge < -0.3 is 20.6 Å². The SMILES string of the molecule is CC(=O)N[C@H](C(=O)Nc1ccc(CC(=O)N2CCC[C@H]2C(C)=O)cc1)c1ccc(O)cc1. The van der Waals surface area contributed by atoms with Crippen molar-refractivity contribution in [2.24, 2.45) is 0 Å². The number of carbonyl (C=O) groups is 4. The molecule has 1 fully saturated rings. The Labute approximate surface area is 186 Å². The van der Waals surface area contributed by atoms with E-state index in [1.54, 1.807) is 41.3 Å². The Balaban J connectivity index is 1.65. The minimum absolute atomic E-state index is 0.0104. The fourth-order valence-electron chi connectivity index (χ4n) is 3.85. The molecule has 8 nitrogen and oxygen atoms in total. The zero-order chi connectivity index (χ0) is 23.3. The molecule has 0 bridgehead atoms. The van der Waals surface area contributed by atoms with Gasteiger partial charge in [-0.2, -0.15) is 0 Å². The molecular weight excluding hydrogens is 410 g/mol. The number of likely N-dealkylation sites (tertiary alicyclic amines) is 1. The van der Waals surface area contributed by atoms with Gasteiger partial charge in [-0.3, -0.25) is 19.2 Å². The molecule has 0 spiro atoms. The van der Waals surface area contributed by atoms with E-state index in [9.17, 15) is 24.3 Å². The van der Waals surface area contributed by atoms with E-state index in [0.29, 0.717) is 24.2 Å². The molecule has 2 aromatic rings. The van der Waals surface area contributed by atoms with Crippen LogP contribution in [0.4, 0.5) is 5.69 Å². The Morgan fingerprint density at radius 3 is 2.28 bits per heavy atom. The normalized spacial score (nSPS) is 16.3. The summed E-state index contributed by atoms with van der Waals surface area (Å²) in [6.07, 6.45) is 1.72. The van der Waals surface area contributed by atoms with Crippen molar-refractivity contribution in [1.29, 1.82) is 0 Å². The maximum atomic E-state index is 12.8. The summed E-state index contributed by atoms with van der Waals surface area (Å²) in [6, 6.07) is 11.7. The molecule has 168 valence electrons. The molecule has 0 saturated carbocycles. The largest absolute Gasteiger partial charge is 0.508 e. The summed E-state index contributed by atoms with van der Waals surface area (Å²) in [5.74, 6) is -0.813. The van der Waals surface area contributed by atoms with Gasteiger partial charge in [0, 0.05) is 19.2 Å². The number of anilines is 1. The van der Waals surface area contributed by atoms with Gasteiger partial charge in [-0.15, -0.1) is 0 Å². The highest BCUT2D eigenvalue weighted by Crippen LogP contribution is 2.21. The summed E-state index contributed by atoms with van der Waals surface area (Å²) in [5.41, 5.74) is 1.82. The molecule has 0 aliphatic carbocycles. The molecule has 3 N–H and O–H groups in total. The van der Waals surface area contributed by atoms with Crippen LogP contribution in [0.5, 0.6) is 5.75 Å². The zero-order valence-corrected chi connectivity index (χ0v) is 18.1. The highest BCUT2D eigenvalue weighted by Gasteiger charge is 2.31. The summed E-state index contributed by atoms with van der Waals surface area (Å²) in [4.78, 5) is 50.4. The number of nitrogens with zero attached hydrogens (tertiary/aromatic N) is 1. The van der Waals surface area contributed by atoms with Gasteiger partial charge in [-0.25, -0.2) is 0 Å². The van der Waals surface area contributed by atoms with Crippen molar-refractivity contribution in [2.75, 3.05) is 11.9 Å². The van der Waals surface area contributed by atoms with Crippen LogP contribution in [-0.2, 0) is 25.6 Å². The summed E-state index contributed by atoms with van der Waals surface area (Å²) in [5, 5.41) is 14.8. The summed E-state index contributed by atoms with van der Waals surface area (Å²) in [7, 11) is 0. The monoisotopic (exact) mass is 437 g/mol. The second kappa shape index (κ2) is 10.1. The Morgan fingerprint density at radius 1 is 1.03 bits per heavy atom. The van der Waals surface area contributed by atoms with E-state index in [-0.39, 0.29) is 35.8 Å². The van der Waals surface area contributed by atoms with Gasteiger partial charge in [0.15, 0.2) is 5.78 Å². The molecule has 2 aromatic carbocycles. The molecular formula is C24H27N3O5. The smallest absolute Gasteiger partial charge is 0.251 e. The first-order valence-corrected chi connectivity index (χ1v) is 10.5. The van der Waals surface area contributed by atoms with Gasteiger partial charge in [-0.05, 0) is 55.2 Å². The van der Waals surface area contributed by atoms with Gasteiger partial charge in [0.2, 0.25) is 11.8 Å². The third kappa shape index (κ3) is 5.72. The Hall–Kier alpha value is -3.68. The predicted molar refractivity (Wildman–Crippen MR) is 119 cm³/mol. The van der Waals surface area contributed by atoms with E-state index >= 15 is 0 Å². The van der Waals surface area contributed by atoms with Gasteiger partial charge >= 0.3 is 0 Å². The summed E-state index contributed by atoms with van der Waals surface area (Å²) >= 11 is 0. The van der Waals surface area contributed by atoms with Crippen LogP contribution in [0.2, 0.25) is 0 Å². The first-order valence-electron chi connectivity index (χ1n) is 10.5.